The number of hydrogen-bond acceptors (Lipinski definition) is 3. The van der Waals surface area contributed by atoms with Crippen molar-refractivity contribution in [2.24, 2.45) is 7.05 Å². The van der Waals surface area contributed by atoms with Crippen LogP contribution in [0.4, 0.5) is 0 Å². The third-order valence-electron chi connectivity index (χ3n) is 4.24. The molecule has 1 aromatic carbocycles. The molecule has 0 saturated heterocycles. The predicted octanol–water partition coefficient (Wildman–Crippen LogP) is 2.12. The Hall–Kier alpha value is -3.41. The van der Waals surface area contributed by atoms with Gasteiger partial charge in [0.2, 0.25) is 0 Å². The molecule has 0 fully saturated rings. The van der Waals surface area contributed by atoms with Crippen molar-refractivity contribution in [3.8, 4) is 0 Å². The highest BCUT2D eigenvalue weighted by molar-refractivity contribution is 5.98. The zero-order valence-electron chi connectivity index (χ0n) is 13.6. The maximum Gasteiger partial charge on any atom is 0.268 e. The van der Waals surface area contributed by atoms with Gasteiger partial charge >= 0.3 is 0 Å². The van der Waals surface area contributed by atoms with Crippen LogP contribution in [0.1, 0.15) is 16.1 Å². The molecule has 0 saturated carbocycles. The number of fused-ring (bicyclic) bond motifs is 2. The lowest BCUT2D eigenvalue weighted by molar-refractivity contribution is 0.0943. The second-order valence-corrected chi connectivity index (χ2v) is 5.84. The number of nitrogens with one attached hydrogen (secondary N) is 1. The van der Waals surface area contributed by atoms with Crippen molar-refractivity contribution in [2.45, 2.75) is 6.54 Å². The Bertz CT molecular complexity index is 1140. The number of amides is 1. The Morgan fingerprint density at radius 3 is 2.68 bits per heavy atom. The number of hydrogen-bond donors (Lipinski definition) is 1. The molecule has 0 aliphatic rings. The summed E-state index contributed by atoms with van der Waals surface area (Å²) in [6.07, 6.45) is 1.67. The van der Waals surface area contributed by atoms with Crippen LogP contribution in [0.15, 0.2) is 65.6 Å². The molecular weight excluding hydrogens is 316 g/mol. The zero-order chi connectivity index (χ0) is 17.4. The summed E-state index contributed by atoms with van der Waals surface area (Å²) in [5.74, 6) is -0.238. The van der Waals surface area contributed by atoms with Crippen molar-refractivity contribution < 1.29 is 4.79 Å². The minimum Gasteiger partial charge on any atom is -0.347 e. The van der Waals surface area contributed by atoms with Crippen LogP contribution in [0.3, 0.4) is 0 Å². The molecule has 4 aromatic rings. The van der Waals surface area contributed by atoms with Gasteiger partial charge in [0.1, 0.15) is 17.0 Å². The van der Waals surface area contributed by atoms with Crippen molar-refractivity contribution in [1.29, 1.82) is 0 Å². The van der Waals surface area contributed by atoms with Gasteiger partial charge < -0.3 is 9.88 Å². The first-order valence-corrected chi connectivity index (χ1v) is 7.94. The number of aryl methyl sites for hydroxylation is 1. The second kappa shape index (κ2) is 5.90. The molecule has 0 spiro atoms. The third-order valence-corrected chi connectivity index (χ3v) is 4.24. The van der Waals surface area contributed by atoms with E-state index in [-0.39, 0.29) is 11.5 Å². The molecule has 4 rings (SSSR count). The standard InChI is InChI=1S/C19H16N4O2/c1-22-15(18(24)20-12-13-7-3-2-4-8-13)11-14-17(22)21-16-9-5-6-10-23(16)19(14)25/h2-11H,12H2,1H3,(H,20,24). The van der Waals surface area contributed by atoms with E-state index in [4.69, 9.17) is 0 Å². The summed E-state index contributed by atoms with van der Waals surface area (Å²) in [7, 11) is 1.74. The molecule has 3 heterocycles. The van der Waals surface area contributed by atoms with Crippen molar-refractivity contribution >= 4 is 22.6 Å². The average molecular weight is 332 g/mol. The Balaban J connectivity index is 1.74. The van der Waals surface area contributed by atoms with E-state index in [9.17, 15) is 9.59 Å². The van der Waals surface area contributed by atoms with E-state index in [1.54, 1.807) is 36.0 Å². The first-order chi connectivity index (χ1) is 12.1. The summed E-state index contributed by atoms with van der Waals surface area (Å²) in [5, 5.41) is 3.31. The Labute approximate surface area is 143 Å². The van der Waals surface area contributed by atoms with E-state index in [0.717, 1.165) is 5.56 Å². The van der Waals surface area contributed by atoms with Crippen molar-refractivity contribution in [2.75, 3.05) is 0 Å². The quantitative estimate of drug-likeness (QED) is 0.625. The number of pyridine rings is 1. The predicted molar refractivity (Wildman–Crippen MR) is 95.6 cm³/mol. The van der Waals surface area contributed by atoms with Gasteiger partial charge in [-0.1, -0.05) is 36.4 Å². The molecule has 1 amide bonds. The minimum atomic E-state index is -0.238. The van der Waals surface area contributed by atoms with E-state index < -0.39 is 0 Å². The number of nitrogens with zero attached hydrogens (tertiary/aromatic N) is 3. The van der Waals surface area contributed by atoms with Crippen LogP contribution >= 0.6 is 0 Å². The Morgan fingerprint density at radius 2 is 1.88 bits per heavy atom. The molecule has 6 heteroatoms. The molecule has 0 bridgehead atoms. The summed E-state index contributed by atoms with van der Waals surface area (Å²) in [6, 6.07) is 16.6. The van der Waals surface area contributed by atoms with Crippen LogP contribution in [-0.2, 0) is 13.6 Å². The molecular formula is C19H16N4O2. The summed E-state index contributed by atoms with van der Waals surface area (Å²) < 4.78 is 3.14. The number of carbonyl (C=O) groups excluding carboxylic acids is 1. The number of carbonyl (C=O) groups is 1. The lowest BCUT2D eigenvalue weighted by Crippen LogP contribution is -2.24. The van der Waals surface area contributed by atoms with E-state index in [1.165, 1.54) is 4.40 Å². The maximum absolute atomic E-state index is 12.6. The fourth-order valence-electron chi connectivity index (χ4n) is 2.91. The highest BCUT2D eigenvalue weighted by Crippen LogP contribution is 2.15. The van der Waals surface area contributed by atoms with Gasteiger partial charge in [-0.25, -0.2) is 4.98 Å². The van der Waals surface area contributed by atoms with Crippen molar-refractivity contribution in [3.05, 3.63) is 82.4 Å². The van der Waals surface area contributed by atoms with Gasteiger partial charge in [0.25, 0.3) is 11.5 Å². The highest BCUT2D eigenvalue weighted by Gasteiger charge is 2.17. The van der Waals surface area contributed by atoms with Gasteiger partial charge in [-0.15, -0.1) is 0 Å². The van der Waals surface area contributed by atoms with Gasteiger partial charge in [0.15, 0.2) is 0 Å². The number of benzene rings is 1. The van der Waals surface area contributed by atoms with Crippen molar-refractivity contribution in [1.82, 2.24) is 19.3 Å². The lowest BCUT2D eigenvalue weighted by Gasteiger charge is -2.06. The van der Waals surface area contributed by atoms with Crippen LogP contribution in [0, 0.1) is 0 Å². The zero-order valence-corrected chi connectivity index (χ0v) is 13.6. The maximum atomic E-state index is 12.6. The Kier molecular flexibility index (Phi) is 3.57. The molecule has 25 heavy (non-hydrogen) atoms. The molecule has 0 unspecified atom stereocenters. The average Bonchev–Trinajstić information content (AvgIpc) is 2.98. The molecule has 3 aromatic heterocycles. The lowest BCUT2D eigenvalue weighted by atomic mass is 10.2. The third kappa shape index (κ3) is 2.57. The molecule has 0 atom stereocenters. The van der Waals surface area contributed by atoms with Gasteiger partial charge in [-0.2, -0.15) is 0 Å². The first-order valence-electron chi connectivity index (χ1n) is 7.94. The minimum absolute atomic E-state index is 0.182. The second-order valence-electron chi connectivity index (χ2n) is 5.84. The summed E-state index contributed by atoms with van der Waals surface area (Å²) in [6.45, 7) is 0.426. The van der Waals surface area contributed by atoms with Crippen molar-refractivity contribution in [3.63, 3.8) is 0 Å². The topological polar surface area (TPSA) is 68.4 Å². The molecule has 0 aliphatic heterocycles. The summed E-state index contributed by atoms with van der Waals surface area (Å²) in [4.78, 5) is 29.7. The summed E-state index contributed by atoms with van der Waals surface area (Å²) in [5.41, 5.74) is 2.29. The molecule has 124 valence electrons. The van der Waals surface area contributed by atoms with Crippen LogP contribution < -0.4 is 10.9 Å². The molecule has 1 N–H and O–H groups in total. The smallest absolute Gasteiger partial charge is 0.268 e. The monoisotopic (exact) mass is 332 g/mol. The van der Waals surface area contributed by atoms with Crippen LogP contribution in [0.25, 0.3) is 16.7 Å². The van der Waals surface area contributed by atoms with Gasteiger partial charge in [0.05, 0.1) is 5.39 Å². The van der Waals surface area contributed by atoms with E-state index in [0.29, 0.717) is 28.9 Å². The first kappa shape index (κ1) is 15.1. The number of aromatic nitrogens is 3. The highest BCUT2D eigenvalue weighted by atomic mass is 16.2. The number of rotatable bonds is 3. The molecule has 0 radical (unpaired) electrons. The normalized spacial score (nSPS) is 11.1. The van der Waals surface area contributed by atoms with Crippen LogP contribution in [-0.4, -0.2) is 19.9 Å². The summed E-state index contributed by atoms with van der Waals surface area (Å²) >= 11 is 0. The van der Waals surface area contributed by atoms with Crippen LogP contribution in [0.5, 0.6) is 0 Å². The van der Waals surface area contributed by atoms with E-state index in [1.807, 2.05) is 36.4 Å². The van der Waals surface area contributed by atoms with Gasteiger partial charge in [-0.05, 0) is 23.8 Å². The van der Waals surface area contributed by atoms with E-state index >= 15 is 0 Å². The SMILES string of the molecule is Cn1c(C(=O)NCc2ccccc2)cc2c(=O)n3ccccc3nc21. The molecule has 0 aliphatic carbocycles. The Morgan fingerprint density at radius 1 is 1.12 bits per heavy atom. The van der Waals surface area contributed by atoms with Gasteiger partial charge in [-0.3, -0.25) is 14.0 Å². The van der Waals surface area contributed by atoms with Gasteiger partial charge in [0, 0.05) is 19.8 Å². The largest absolute Gasteiger partial charge is 0.347 e. The fourth-order valence-corrected chi connectivity index (χ4v) is 2.91. The van der Waals surface area contributed by atoms with Crippen LogP contribution in [0.2, 0.25) is 0 Å². The molecule has 6 nitrogen and oxygen atoms in total. The fraction of sp³-hybridized carbons (Fsp3) is 0.105. The van der Waals surface area contributed by atoms with E-state index in [2.05, 4.69) is 10.3 Å².